The van der Waals surface area contributed by atoms with Crippen molar-refractivity contribution in [3.05, 3.63) is 83.3 Å². The van der Waals surface area contributed by atoms with Crippen LogP contribution in [0.15, 0.2) is 83.3 Å². The summed E-state index contributed by atoms with van der Waals surface area (Å²) in [5.74, 6) is -0.0386. The number of alkyl halides is 3. The van der Waals surface area contributed by atoms with Crippen LogP contribution in [-0.2, 0) is 0 Å². The van der Waals surface area contributed by atoms with Crippen molar-refractivity contribution in [2.45, 2.75) is 6.18 Å². The van der Waals surface area contributed by atoms with Gasteiger partial charge < -0.3 is 4.74 Å². The molecular formula is C23H15BrF3NO. The molecule has 0 fully saturated rings. The van der Waals surface area contributed by atoms with Gasteiger partial charge in [-0.1, -0.05) is 76.6 Å². The van der Waals surface area contributed by atoms with Crippen molar-refractivity contribution in [1.29, 1.82) is 0 Å². The number of nitrogens with zero attached hydrogens (tertiary/aromatic N) is 1. The van der Waals surface area contributed by atoms with Gasteiger partial charge in [-0.05, 0) is 29.1 Å². The highest BCUT2D eigenvalue weighted by atomic mass is 79.9. The highest BCUT2D eigenvalue weighted by Crippen LogP contribution is 2.41. The van der Waals surface area contributed by atoms with Crippen molar-refractivity contribution in [2.75, 3.05) is 6.61 Å². The Morgan fingerprint density at radius 3 is 2.03 bits per heavy atom. The van der Waals surface area contributed by atoms with Crippen molar-refractivity contribution >= 4 is 26.7 Å². The third-order valence-corrected chi connectivity index (χ3v) is 4.91. The molecule has 0 saturated heterocycles. The van der Waals surface area contributed by atoms with Crippen LogP contribution < -0.4 is 4.74 Å². The average molecular weight is 458 g/mol. The molecule has 2 nitrogen and oxygen atoms in total. The van der Waals surface area contributed by atoms with Gasteiger partial charge in [0.2, 0.25) is 5.88 Å². The molecule has 0 bridgehead atoms. The smallest absolute Gasteiger partial charge is 0.422 e. The lowest BCUT2D eigenvalue weighted by Crippen LogP contribution is -2.20. The number of halogens is 4. The Hall–Kier alpha value is -2.86. The fourth-order valence-corrected chi connectivity index (χ4v) is 3.58. The standard InChI is InChI=1S/C23H15BrF3NO/c24-17-11-12-18-19(13-17)20(15-7-3-1-4-8-15)21(16-9-5-2-6-10-16)28-22(18)29-14-23(25,26)27/h1-13H,14H2. The first-order valence-corrected chi connectivity index (χ1v) is 9.65. The van der Waals surface area contributed by atoms with Gasteiger partial charge in [-0.3, -0.25) is 0 Å². The fourth-order valence-electron chi connectivity index (χ4n) is 3.22. The monoisotopic (exact) mass is 457 g/mol. The van der Waals surface area contributed by atoms with Crippen LogP contribution in [0.25, 0.3) is 33.2 Å². The van der Waals surface area contributed by atoms with Crippen LogP contribution in [0.4, 0.5) is 13.2 Å². The first-order chi connectivity index (χ1) is 13.9. The molecule has 0 atom stereocenters. The second-order valence-electron chi connectivity index (χ2n) is 6.47. The van der Waals surface area contributed by atoms with Crippen LogP contribution in [0.2, 0.25) is 0 Å². The zero-order valence-corrected chi connectivity index (χ0v) is 16.7. The van der Waals surface area contributed by atoms with E-state index >= 15 is 0 Å². The van der Waals surface area contributed by atoms with Gasteiger partial charge in [0, 0.05) is 21.0 Å². The first-order valence-electron chi connectivity index (χ1n) is 8.86. The van der Waals surface area contributed by atoms with Crippen LogP contribution in [0.1, 0.15) is 0 Å². The lowest BCUT2D eigenvalue weighted by Gasteiger charge is -2.17. The maximum absolute atomic E-state index is 12.8. The Kier molecular flexibility index (Phi) is 5.28. The third kappa shape index (κ3) is 4.27. The summed E-state index contributed by atoms with van der Waals surface area (Å²) in [7, 11) is 0. The zero-order chi connectivity index (χ0) is 20.4. The maximum Gasteiger partial charge on any atom is 0.422 e. The van der Waals surface area contributed by atoms with Gasteiger partial charge in [-0.25, -0.2) is 4.98 Å². The lowest BCUT2D eigenvalue weighted by atomic mass is 9.94. The van der Waals surface area contributed by atoms with Crippen molar-refractivity contribution in [1.82, 2.24) is 4.98 Å². The summed E-state index contributed by atoms with van der Waals surface area (Å²) in [6.07, 6.45) is -4.45. The first kappa shape index (κ1) is 19.5. The lowest BCUT2D eigenvalue weighted by molar-refractivity contribution is -0.153. The molecule has 4 rings (SSSR count). The molecule has 146 valence electrons. The van der Waals surface area contributed by atoms with E-state index < -0.39 is 12.8 Å². The maximum atomic E-state index is 12.8. The topological polar surface area (TPSA) is 22.1 Å². The normalized spacial score (nSPS) is 11.6. The van der Waals surface area contributed by atoms with E-state index in [1.54, 1.807) is 12.1 Å². The highest BCUT2D eigenvalue weighted by Gasteiger charge is 2.29. The van der Waals surface area contributed by atoms with E-state index in [9.17, 15) is 13.2 Å². The average Bonchev–Trinajstić information content (AvgIpc) is 2.72. The molecule has 0 unspecified atom stereocenters. The number of pyridine rings is 1. The second-order valence-corrected chi connectivity index (χ2v) is 7.38. The predicted molar refractivity (Wildman–Crippen MR) is 112 cm³/mol. The fraction of sp³-hybridized carbons (Fsp3) is 0.0870. The Morgan fingerprint density at radius 1 is 0.793 bits per heavy atom. The van der Waals surface area contributed by atoms with Crippen molar-refractivity contribution in [3.8, 4) is 28.3 Å². The van der Waals surface area contributed by atoms with E-state index in [0.29, 0.717) is 11.1 Å². The number of benzene rings is 3. The Bertz CT molecular complexity index is 1150. The van der Waals surface area contributed by atoms with Crippen LogP contribution >= 0.6 is 15.9 Å². The minimum Gasteiger partial charge on any atom is -0.468 e. The number of aromatic nitrogens is 1. The van der Waals surface area contributed by atoms with Gasteiger partial charge in [-0.2, -0.15) is 13.2 Å². The summed E-state index contributed by atoms with van der Waals surface area (Å²) >= 11 is 3.47. The molecule has 6 heteroatoms. The van der Waals surface area contributed by atoms with Crippen LogP contribution in [0.5, 0.6) is 5.88 Å². The van der Waals surface area contributed by atoms with Gasteiger partial charge in [0.1, 0.15) is 0 Å². The second kappa shape index (κ2) is 7.87. The largest absolute Gasteiger partial charge is 0.468 e. The quantitative estimate of drug-likeness (QED) is 0.321. The minimum atomic E-state index is -4.45. The minimum absolute atomic E-state index is 0.0386. The number of hydrogen-bond acceptors (Lipinski definition) is 2. The molecule has 0 aliphatic rings. The molecular weight excluding hydrogens is 443 g/mol. The third-order valence-electron chi connectivity index (χ3n) is 4.41. The molecule has 0 saturated carbocycles. The predicted octanol–water partition coefficient (Wildman–Crippen LogP) is 7.27. The molecule has 0 aliphatic carbocycles. The van der Waals surface area contributed by atoms with E-state index in [-0.39, 0.29) is 5.88 Å². The van der Waals surface area contributed by atoms with Crippen LogP contribution in [0, 0.1) is 0 Å². The Balaban J connectivity index is 2.04. The zero-order valence-electron chi connectivity index (χ0n) is 15.1. The van der Waals surface area contributed by atoms with E-state index in [1.807, 2.05) is 66.7 Å². The van der Waals surface area contributed by atoms with Crippen molar-refractivity contribution < 1.29 is 17.9 Å². The molecule has 1 aromatic heterocycles. The summed E-state index contributed by atoms with van der Waals surface area (Å²) in [6, 6.07) is 24.4. The van der Waals surface area contributed by atoms with Gasteiger partial charge in [0.05, 0.1) is 5.69 Å². The van der Waals surface area contributed by atoms with Crippen molar-refractivity contribution in [3.63, 3.8) is 0 Å². The van der Waals surface area contributed by atoms with Crippen LogP contribution in [0.3, 0.4) is 0 Å². The summed E-state index contributed by atoms with van der Waals surface area (Å²) in [5.41, 5.74) is 3.13. The molecule has 0 radical (unpaired) electrons. The number of rotatable bonds is 4. The van der Waals surface area contributed by atoms with E-state index in [2.05, 4.69) is 20.9 Å². The van der Waals surface area contributed by atoms with Gasteiger partial charge in [-0.15, -0.1) is 0 Å². The molecule has 4 aromatic rings. The van der Waals surface area contributed by atoms with Crippen LogP contribution in [-0.4, -0.2) is 17.8 Å². The molecule has 0 spiro atoms. The highest BCUT2D eigenvalue weighted by molar-refractivity contribution is 9.10. The Labute approximate surface area is 174 Å². The summed E-state index contributed by atoms with van der Waals surface area (Å²) in [6.45, 7) is -1.40. The van der Waals surface area contributed by atoms with E-state index in [0.717, 1.165) is 26.5 Å². The number of hydrogen-bond donors (Lipinski definition) is 0. The van der Waals surface area contributed by atoms with Crippen molar-refractivity contribution in [2.24, 2.45) is 0 Å². The number of ether oxygens (including phenoxy) is 1. The molecule has 0 amide bonds. The molecule has 29 heavy (non-hydrogen) atoms. The van der Waals surface area contributed by atoms with Gasteiger partial charge in [0.25, 0.3) is 0 Å². The molecule has 0 aliphatic heterocycles. The molecule has 3 aromatic carbocycles. The van der Waals surface area contributed by atoms with E-state index in [4.69, 9.17) is 4.74 Å². The van der Waals surface area contributed by atoms with E-state index in [1.165, 1.54) is 0 Å². The van der Waals surface area contributed by atoms with Gasteiger partial charge >= 0.3 is 6.18 Å². The summed E-state index contributed by atoms with van der Waals surface area (Å²) in [5, 5.41) is 1.28. The Morgan fingerprint density at radius 2 is 1.41 bits per heavy atom. The molecule has 1 heterocycles. The SMILES string of the molecule is FC(F)(F)COc1nc(-c2ccccc2)c(-c2ccccc2)c2cc(Br)ccc12. The summed E-state index contributed by atoms with van der Waals surface area (Å²) in [4.78, 5) is 4.54. The number of fused-ring (bicyclic) bond motifs is 1. The van der Waals surface area contributed by atoms with Gasteiger partial charge in [0.15, 0.2) is 6.61 Å². The summed E-state index contributed by atoms with van der Waals surface area (Å²) < 4.78 is 44.4. The molecule has 0 N–H and O–H groups in total.